The van der Waals surface area contributed by atoms with Crippen molar-refractivity contribution in [3.63, 3.8) is 0 Å². The van der Waals surface area contributed by atoms with E-state index in [0.717, 1.165) is 29.3 Å². The summed E-state index contributed by atoms with van der Waals surface area (Å²) in [6.45, 7) is 0. The van der Waals surface area contributed by atoms with Gasteiger partial charge in [0.2, 0.25) is 0 Å². The molecule has 0 spiro atoms. The van der Waals surface area contributed by atoms with E-state index in [1.54, 1.807) is 30.5 Å². The Balaban J connectivity index is 0.000000517. The van der Waals surface area contributed by atoms with Gasteiger partial charge in [0.1, 0.15) is 0 Å². The van der Waals surface area contributed by atoms with Gasteiger partial charge in [-0.15, -0.1) is 0 Å². The Bertz CT molecular complexity index is 1570. The van der Waals surface area contributed by atoms with Gasteiger partial charge in [0, 0.05) is 23.2 Å². The minimum absolute atomic E-state index is 0.0453. The van der Waals surface area contributed by atoms with Crippen LogP contribution in [-0.2, 0) is 9.59 Å². The number of anilines is 1. The number of carboxylic acid groups (broad SMARTS) is 1. The topological polar surface area (TPSA) is 141 Å². The number of carbonyl (C=O) groups is 3. The molecule has 4 N–H and O–H groups in total. The first kappa shape index (κ1) is 31.0. The highest BCUT2D eigenvalue weighted by molar-refractivity contribution is 8.18. The maximum atomic E-state index is 12.7. The molecule has 1 aromatic heterocycles. The molecule has 0 radical (unpaired) electrons. The zero-order valence-electron chi connectivity index (χ0n) is 21.7. The number of carboxylic acids is 1. The molecule has 0 atom stereocenters. The number of carbonyl (C=O) groups excluding carboxylic acids is 2. The molecule has 1 aliphatic carbocycles. The van der Waals surface area contributed by atoms with Gasteiger partial charge in [-0.2, -0.15) is 18.2 Å². The predicted octanol–water partition coefficient (Wildman–Crippen LogP) is 5.64. The van der Waals surface area contributed by atoms with Crippen LogP contribution in [0.3, 0.4) is 0 Å². The van der Waals surface area contributed by atoms with Crippen LogP contribution in [-0.4, -0.2) is 56.5 Å². The number of thioether (sulfide) groups is 1. The van der Waals surface area contributed by atoms with Crippen LogP contribution in [0.2, 0.25) is 5.02 Å². The number of aliphatic carboxylic acids is 1. The molecule has 42 heavy (non-hydrogen) atoms. The third kappa shape index (κ3) is 8.30. The molecule has 0 bridgehead atoms. The lowest BCUT2D eigenvalue weighted by Gasteiger charge is -2.26. The van der Waals surface area contributed by atoms with Crippen molar-refractivity contribution in [2.45, 2.75) is 44.0 Å². The van der Waals surface area contributed by atoms with E-state index in [9.17, 15) is 27.9 Å². The number of aromatic nitrogens is 1. The fourth-order valence-electron chi connectivity index (χ4n) is 4.16. The normalized spacial score (nSPS) is 19.6. The number of benzene rings is 2. The molecular formula is C28H24ClF3N4O5S. The number of halogens is 4. The van der Waals surface area contributed by atoms with Crippen LogP contribution in [0.4, 0.5) is 18.9 Å². The van der Waals surface area contributed by atoms with Crippen molar-refractivity contribution in [3.8, 4) is 0 Å². The molecule has 1 aliphatic heterocycles. The maximum Gasteiger partial charge on any atom is 0.490 e. The number of pyridine rings is 1. The summed E-state index contributed by atoms with van der Waals surface area (Å²) in [5.41, 5.74) is 2.72. The number of alkyl halides is 3. The highest BCUT2D eigenvalue weighted by Crippen LogP contribution is 2.32. The molecule has 3 aromatic rings. The summed E-state index contributed by atoms with van der Waals surface area (Å²) < 4.78 is 31.7. The fraction of sp³-hybridized carbons (Fsp3) is 0.250. The van der Waals surface area contributed by atoms with Gasteiger partial charge in [0.25, 0.3) is 11.8 Å². The summed E-state index contributed by atoms with van der Waals surface area (Å²) in [6.07, 6.45) is 1.07. The summed E-state index contributed by atoms with van der Waals surface area (Å²) in [6, 6.07) is 14.6. The van der Waals surface area contributed by atoms with Crippen molar-refractivity contribution in [2.24, 2.45) is 4.99 Å². The van der Waals surface area contributed by atoms with Crippen molar-refractivity contribution in [3.05, 3.63) is 75.8 Å². The molecule has 2 amide bonds. The van der Waals surface area contributed by atoms with Gasteiger partial charge in [-0.25, -0.2) is 4.79 Å². The SMILES string of the molecule is O=C(O)C(F)(F)F.O=C1N=C(Nc2cc(C(=O)N[C@H]3CC[C@H](O)CC3)ccc2Cl)SC1=Cc1ccc2ncccc2c1. The van der Waals surface area contributed by atoms with Crippen LogP contribution in [0, 0.1) is 0 Å². The van der Waals surface area contributed by atoms with Crippen LogP contribution < -0.4 is 10.6 Å². The second-order valence-corrected chi connectivity index (χ2v) is 10.8. The van der Waals surface area contributed by atoms with Gasteiger partial charge in [0.05, 0.1) is 27.2 Å². The van der Waals surface area contributed by atoms with E-state index in [1.807, 2.05) is 30.3 Å². The van der Waals surface area contributed by atoms with Crippen LogP contribution in [0.1, 0.15) is 41.6 Å². The van der Waals surface area contributed by atoms with Crippen LogP contribution in [0.15, 0.2) is 64.6 Å². The van der Waals surface area contributed by atoms with E-state index in [1.165, 1.54) is 11.8 Å². The van der Waals surface area contributed by atoms with Crippen LogP contribution >= 0.6 is 23.4 Å². The summed E-state index contributed by atoms with van der Waals surface area (Å²) in [5.74, 6) is -3.30. The lowest BCUT2D eigenvalue weighted by Crippen LogP contribution is -2.38. The monoisotopic (exact) mass is 620 g/mol. The molecule has 0 unspecified atom stereocenters. The van der Waals surface area contributed by atoms with E-state index in [0.29, 0.717) is 39.2 Å². The number of aliphatic hydroxyl groups excluding tert-OH is 1. The zero-order valence-corrected chi connectivity index (χ0v) is 23.3. The Morgan fingerprint density at radius 2 is 1.79 bits per heavy atom. The Morgan fingerprint density at radius 3 is 2.48 bits per heavy atom. The predicted molar refractivity (Wildman–Crippen MR) is 154 cm³/mol. The average Bonchev–Trinajstić information content (AvgIpc) is 3.28. The minimum atomic E-state index is -5.08. The molecule has 14 heteroatoms. The first-order valence-electron chi connectivity index (χ1n) is 12.6. The molecule has 220 valence electrons. The van der Waals surface area contributed by atoms with Gasteiger partial charge in [-0.3, -0.25) is 14.6 Å². The Hall–Kier alpha value is -3.94. The van der Waals surface area contributed by atoms with Gasteiger partial charge in [0.15, 0.2) is 5.17 Å². The number of amides is 2. The first-order valence-corrected chi connectivity index (χ1v) is 13.8. The van der Waals surface area contributed by atoms with Crippen molar-refractivity contribution in [2.75, 3.05) is 5.32 Å². The third-order valence-electron chi connectivity index (χ3n) is 6.29. The fourth-order valence-corrected chi connectivity index (χ4v) is 5.15. The van der Waals surface area contributed by atoms with E-state index in [2.05, 4.69) is 20.6 Å². The smallest absolute Gasteiger partial charge is 0.475 e. The number of hydrogen-bond acceptors (Lipinski definition) is 7. The first-order chi connectivity index (χ1) is 19.9. The average molecular weight is 621 g/mol. The lowest BCUT2D eigenvalue weighted by atomic mass is 9.93. The summed E-state index contributed by atoms with van der Waals surface area (Å²) in [4.78, 5) is 43.1. The third-order valence-corrected chi connectivity index (χ3v) is 7.52. The van der Waals surface area contributed by atoms with Gasteiger partial charge in [-0.05, 0) is 85.5 Å². The molecule has 2 aromatic carbocycles. The van der Waals surface area contributed by atoms with Gasteiger partial charge < -0.3 is 20.8 Å². The van der Waals surface area contributed by atoms with E-state index < -0.39 is 12.1 Å². The molecule has 2 aliphatic rings. The Morgan fingerprint density at radius 1 is 1.07 bits per heavy atom. The standard InChI is InChI=1S/C26H23ClN4O3S.C2HF3O2/c27-20-9-4-17(24(33)29-18-5-7-19(32)8-6-18)14-22(20)30-26-31-25(34)23(35-26)13-15-3-10-21-16(12-15)2-1-11-28-21;3-2(4,5)1(6)7/h1-4,9-14,18-19,32H,5-8H2,(H,29,33)(H,30,31,34);(H,6,7)/t18-,19-;. The van der Waals surface area contributed by atoms with Crippen molar-refractivity contribution >= 4 is 69.0 Å². The molecule has 1 saturated carbocycles. The van der Waals surface area contributed by atoms with E-state index in [-0.39, 0.29) is 24.0 Å². The zero-order chi connectivity index (χ0) is 30.4. The Labute approximate surface area is 246 Å². The number of rotatable bonds is 4. The minimum Gasteiger partial charge on any atom is -0.475 e. The number of aliphatic imine (C=N–C) groups is 1. The maximum absolute atomic E-state index is 12.7. The highest BCUT2D eigenvalue weighted by Gasteiger charge is 2.38. The van der Waals surface area contributed by atoms with Gasteiger partial charge >= 0.3 is 12.1 Å². The van der Waals surface area contributed by atoms with Crippen molar-refractivity contribution in [1.82, 2.24) is 10.3 Å². The number of nitrogens with one attached hydrogen (secondary N) is 2. The molecule has 5 rings (SSSR count). The summed E-state index contributed by atoms with van der Waals surface area (Å²) in [5, 5.41) is 24.7. The van der Waals surface area contributed by atoms with Crippen molar-refractivity contribution in [1.29, 1.82) is 0 Å². The van der Waals surface area contributed by atoms with Crippen LogP contribution in [0.5, 0.6) is 0 Å². The number of hydrogen-bond donors (Lipinski definition) is 4. The lowest BCUT2D eigenvalue weighted by molar-refractivity contribution is -0.192. The largest absolute Gasteiger partial charge is 0.490 e. The second kappa shape index (κ2) is 13.4. The highest BCUT2D eigenvalue weighted by atomic mass is 35.5. The van der Waals surface area contributed by atoms with Gasteiger partial charge in [-0.1, -0.05) is 23.7 Å². The Kier molecular flexibility index (Phi) is 9.86. The molecular weight excluding hydrogens is 597 g/mol. The molecule has 2 heterocycles. The van der Waals surface area contributed by atoms with Crippen molar-refractivity contribution < 1.29 is 37.8 Å². The number of nitrogens with zero attached hydrogens (tertiary/aromatic N) is 2. The molecule has 0 saturated heterocycles. The van der Waals surface area contributed by atoms with Crippen LogP contribution in [0.25, 0.3) is 17.0 Å². The molecule has 1 fully saturated rings. The quantitative estimate of drug-likeness (QED) is 0.275. The number of amidine groups is 1. The molecule has 9 nitrogen and oxygen atoms in total. The van der Waals surface area contributed by atoms with E-state index >= 15 is 0 Å². The summed E-state index contributed by atoms with van der Waals surface area (Å²) in [7, 11) is 0. The number of fused-ring (bicyclic) bond motifs is 1. The number of aliphatic hydroxyl groups is 1. The second-order valence-electron chi connectivity index (χ2n) is 9.39. The van der Waals surface area contributed by atoms with E-state index in [4.69, 9.17) is 21.5 Å². The summed E-state index contributed by atoms with van der Waals surface area (Å²) >= 11 is 7.57.